The molecule has 3 aromatic rings. The van der Waals surface area contributed by atoms with E-state index in [0.29, 0.717) is 24.2 Å². The molecule has 1 N–H and O–H groups in total. The van der Waals surface area contributed by atoms with Crippen LogP contribution in [0.2, 0.25) is 0 Å². The molecule has 1 fully saturated rings. The lowest BCUT2D eigenvalue weighted by Gasteiger charge is -2.24. The number of aromatic nitrogens is 1. The van der Waals surface area contributed by atoms with Gasteiger partial charge in [-0.1, -0.05) is 36.8 Å². The molecule has 26 heavy (non-hydrogen) atoms. The summed E-state index contributed by atoms with van der Waals surface area (Å²) in [5, 5.41) is 0. The van der Waals surface area contributed by atoms with Gasteiger partial charge in [0.15, 0.2) is 5.58 Å². The maximum atomic E-state index is 13.2. The Labute approximate surface area is 151 Å². The van der Waals surface area contributed by atoms with Gasteiger partial charge in [0.1, 0.15) is 0 Å². The number of benzene rings is 2. The highest BCUT2D eigenvalue weighted by atomic mass is 32.2. The molecule has 1 saturated heterocycles. The number of nitrogens with one attached hydrogen (secondary N) is 1. The van der Waals surface area contributed by atoms with Gasteiger partial charge >= 0.3 is 5.76 Å². The molecule has 0 amide bonds. The fourth-order valence-electron chi connectivity index (χ4n) is 3.56. The first kappa shape index (κ1) is 17.1. The summed E-state index contributed by atoms with van der Waals surface area (Å²) < 4.78 is 32.9. The first-order valence-electron chi connectivity index (χ1n) is 8.72. The average molecular weight is 372 g/mol. The van der Waals surface area contributed by atoms with Crippen molar-refractivity contribution in [3.05, 3.63) is 64.6 Å². The van der Waals surface area contributed by atoms with E-state index in [9.17, 15) is 13.2 Å². The molecule has 1 atom stereocenters. The topological polar surface area (TPSA) is 83.4 Å². The summed E-state index contributed by atoms with van der Waals surface area (Å²) in [4.78, 5) is 14.0. The van der Waals surface area contributed by atoms with Crippen LogP contribution in [0.3, 0.4) is 0 Å². The van der Waals surface area contributed by atoms with E-state index < -0.39 is 15.8 Å². The van der Waals surface area contributed by atoms with Crippen LogP contribution in [0, 0.1) is 0 Å². The molecule has 2 heterocycles. The van der Waals surface area contributed by atoms with Gasteiger partial charge in [-0.3, -0.25) is 4.98 Å². The fourth-order valence-corrected chi connectivity index (χ4v) is 5.11. The van der Waals surface area contributed by atoms with Crippen molar-refractivity contribution in [3.8, 4) is 0 Å². The SMILES string of the molecule is O=c1[nH]c2cc(S(=O)(=O)N3CCCCC(c4ccccc4)C3)ccc2o1. The summed E-state index contributed by atoms with van der Waals surface area (Å²) in [6, 6.07) is 14.5. The third kappa shape index (κ3) is 3.20. The molecular weight excluding hydrogens is 352 g/mol. The van der Waals surface area contributed by atoms with Gasteiger partial charge < -0.3 is 4.42 Å². The van der Waals surface area contributed by atoms with Crippen LogP contribution in [-0.2, 0) is 10.0 Å². The number of oxazole rings is 1. The Kier molecular flexibility index (Phi) is 4.42. The normalized spacial score (nSPS) is 19.5. The van der Waals surface area contributed by atoms with Crippen LogP contribution in [0.1, 0.15) is 30.7 Å². The Morgan fingerprint density at radius 2 is 1.88 bits per heavy atom. The van der Waals surface area contributed by atoms with Crippen molar-refractivity contribution in [2.75, 3.05) is 13.1 Å². The monoisotopic (exact) mass is 372 g/mol. The predicted octanol–water partition coefficient (Wildman–Crippen LogP) is 3.08. The van der Waals surface area contributed by atoms with Crippen molar-refractivity contribution < 1.29 is 12.8 Å². The molecule has 0 spiro atoms. The van der Waals surface area contributed by atoms with Gasteiger partial charge in [0.25, 0.3) is 0 Å². The number of rotatable bonds is 3. The van der Waals surface area contributed by atoms with E-state index in [1.165, 1.54) is 23.8 Å². The summed E-state index contributed by atoms with van der Waals surface area (Å²) >= 11 is 0. The van der Waals surface area contributed by atoms with Crippen molar-refractivity contribution in [1.29, 1.82) is 0 Å². The van der Waals surface area contributed by atoms with E-state index >= 15 is 0 Å². The largest absolute Gasteiger partial charge is 0.417 e. The minimum Gasteiger partial charge on any atom is -0.408 e. The second-order valence-electron chi connectivity index (χ2n) is 6.64. The van der Waals surface area contributed by atoms with Crippen LogP contribution in [-0.4, -0.2) is 30.8 Å². The standard InChI is InChI=1S/C19H20N2O4S/c22-19-20-17-12-16(9-10-18(17)25-19)26(23,24)21-11-5-4-8-15(13-21)14-6-2-1-3-7-14/h1-3,6-7,9-10,12,15H,4-5,8,11,13H2,(H,20,22). The van der Waals surface area contributed by atoms with Crippen molar-refractivity contribution in [1.82, 2.24) is 9.29 Å². The highest BCUT2D eigenvalue weighted by Crippen LogP contribution is 2.30. The molecule has 1 aliphatic rings. The van der Waals surface area contributed by atoms with E-state index in [-0.39, 0.29) is 10.8 Å². The molecule has 136 valence electrons. The number of aromatic amines is 1. The lowest BCUT2D eigenvalue weighted by atomic mass is 9.95. The molecule has 4 rings (SSSR count). The molecule has 2 aromatic carbocycles. The first-order chi connectivity index (χ1) is 12.5. The van der Waals surface area contributed by atoms with Crippen LogP contribution in [0.5, 0.6) is 0 Å². The molecule has 1 aliphatic heterocycles. The Hall–Kier alpha value is -2.38. The number of sulfonamides is 1. The molecule has 0 aliphatic carbocycles. The highest BCUT2D eigenvalue weighted by molar-refractivity contribution is 7.89. The maximum absolute atomic E-state index is 13.2. The number of hydrogen-bond acceptors (Lipinski definition) is 4. The minimum atomic E-state index is -3.64. The van der Waals surface area contributed by atoms with Crippen LogP contribution >= 0.6 is 0 Å². The molecular formula is C19H20N2O4S. The number of nitrogens with zero attached hydrogens (tertiary/aromatic N) is 1. The number of fused-ring (bicyclic) bond motifs is 1. The van der Waals surface area contributed by atoms with Crippen molar-refractivity contribution in [2.24, 2.45) is 0 Å². The summed E-state index contributed by atoms with van der Waals surface area (Å²) in [6.07, 6.45) is 2.82. The second kappa shape index (κ2) is 6.74. The van der Waals surface area contributed by atoms with Gasteiger partial charge in [-0.2, -0.15) is 4.31 Å². The van der Waals surface area contributed by atoms with Crippen molar-refractivity contribution >= 4 is 21.1 Å². The third-order valence-corrected chi connectivity index (χ3v) is 6.79. The Bertz CT molecular complexity index is 1070. The van der Waals surface area contributed by atoms with E-state index in [1.807, 2.05) is 18.2 Å². The van der Waals surface area contributed by atoms with Crippen molar-refractivity contribution in [2.45, 2.75) is 30.1 Å². The molecule has 0 saturated carbocycles. The summed E-state index contributed by atoms with van der Waals surface area (Å²) in [6.45, 7) is 0.970. The molecule has 6 nitrogen and oxygen atoms in total. The first-order valence-corrected chi connectivity index (χ1v) is 10.2. The Morgan fingerprint density at radius 3 is 2.69 bits per heavy atom. The lowest BCUT2D eigenvalue weighted by Crippen LogP contribution is -2.34. The zero-order valence-corrected chi connectivity index (χ0v) is 15.0. The maximum Gasteiger partial charge on any atom is 0.417 e. The van der Waals surface area contributed by atoms with Crippen LogP contribution in [0.4, 0.5) is 0 Å². The third-order valence-electron chi connectivity index (χ3n) is 4.93. The quantitative estimate of drug-likeness (QED) is 0.766. The van der Waals surface area contributed by atoms with Gasteiger partial charge in [-0.15, -0.1) is 0 Å². The van der Waals surface area contributed by atoms with Crippen LogP contribution < -0.4 is 5.76 Å². The molecule has 1 unspecified atom stereocenters. The van der Waals surface area contributed by atoms with E-state index in [0.717, 1.165) is 19.3 Å². The summed E-state index contributed by atoms with van der Waals surface area (Å²) in [5.74, 6) is -0.403. The number of H-pyrrole nitrogens is 1. The predicted molar refractivity (Wildman–Crippen MR) is 98.6 cm³/mol. The Morgan fingerprint density at radius 1 is 1.08 bits per heavy atom. The molecule has 7 heteroatoms. The lowest BCUT2D eigenvalue weighted by molar-refractivity contribution is 0.406. The van der Waals surface area contributed by atoms with E-state index in [4.69, 9.17) is 4.42 Å². The van der Waals surface area contributed by atoms with Gasteiger partial charge in [-0.05, 0) is 42.5 Å². The minimum absolute atomic E-state index is 0.177. The Balaban J connectivity index is 1.67. The van der Waals surface area contributed by atoms with E-state index in [1.54, 1.807) is 4.31 Å². The second-order valence-corrected chi connectivity index (χ2v) is 8.58. The summed E-state index contributed by atoms with van der Waals surface area (Å²) in [7, 11) is -3.64. The van der Waals surface area contributed by atoms with Crippen LogP contribution in [0.15, 0.2) is 62.6 Å². The smallest absolute Gasteiger partial charge is 0.408 e. The van der Waals surface area contributed by atoms with E-state index in [2.05, 4.69) is 17.1 Å². The van der Waals surface area contributed by atoms with Crippen LogP contribution in [0.25, 0.3) is 11.1 Å². The van der Waals surface area contributed by atoms with Gasteiger partial charge in [0, 0.05) is 13.1 Å². The molecule has 1 aromatic heterocycles. The zero-order chi connectivity index (χ0) is 18.1. The molecule has 0 radical (unpaired) electrons. The molecule has 0 bridgehead atoms. The van der Waals surface area contributed by atoms with Gasteiger partial charge in [0.05, 0.1) is 10.4 Å². The van der Waals surface area contributed by atoms with Crippen molar-refractivity contribution in [3.63, 3.8) is 0 Å². The summed E-state index contributed by atoms with van der Waals surface area (Å²) in [5.41, 5.74) is 1.92. The fraction of sp³-hybridized carbons (Fsp3) is 0.316. The van der Waals surface area contributed by atoms with Gasteiger partial charge in [-0.25, -0.2) is 13.2 Å². The highest BCUT2D eigenvalue weighted by Gasteiger charge is 2.29. The van der Waals surface area contributed by atoms with Gasteiger partial charge in [0.2, 0.25) is 10.0 Å². The number of hydrogen-bond donors (Lipinski definition) is 1. The zero-order valence-electron chi connectivity index (χ0n) is 14.2. The average Bonchev–Trinajstić information content (AvgIpc) is 2.85.